The van der Waals surface area contributed by atoms with E-state index in [0.717, 1.165) is 24.9 Å². The molecule has 40 heavy (non-hydrogen) atoms. The fourth-order valence-electron chi connectivity index (χ4n) is 5.33. The average Bonchev–Trinajstić information content (AvgIpc) is 3.55. The normalized spacial score (nSPS) is 21.6. The van der Waals surface area contributed by atoms with Crippen LogP contribution in [0.4, 0.5) is 20.5 Å². The molecule has 2 heterocycles. The van der Waals surface area contributed by atoms with Crippen molar-refractivity contribution >= 4 is 34.6 Å². The Labute approximate surface area is 230 Å². The van der Waals surface area contributed by atoms with Gasteiger partial charge in [0.15, 0.2) is 17.2 Å². The summed E-state index contributed by atoms with van der Waals surface area (Å²) in [4.78, 5) is 34.1. The number of Topliss-reactive ketones (excluding diaryl/α,β-unsaturated/α-hetero) is 1. The quantitative estimate of drug-likeness (QED) is 0.323. The molecule has 0 radical (unpaired) electrons. The lowest BCUT2D eigenvalue weighted by Crippen LogP contribution is -2.38. The van der Waals surface area contributed by atoms with Gasteiger partial charge >= 0.3 is 5.97 Å². The average molecular weight is 558 g/mol. The van der Waals surface area contributed by atoms with Crippen LogP contribution in [-0.4, -0.2) is 58.8 Å². The molecule has 214 valence electrons. The summed E-state index contributed by atoms with van der Waals surface area (Å²) in [5.74, 6) is -2.40. The number of benzene rings is 2. The van der Waals surface area contributed by atoms with Gasteiger partial charge in [-0.05, 0) is 74.8 Å². The van der Waals surface area contributed by atoms with Crippen molar-refractivity contribution in [2.45, 2.75) is 64.0 Å². The number of halogens is 2. The number of fused-ring (bicyclic) bond motifs is 1. The van der Waals surface area contributed by atoms with Gasteiger partial charge in [-0.25, -0.2) is 8.78 Å². The van der Waals surface area contributed by atoms with Crippen molar-refractivity contribution in [2.24, 2.45) is 5.92 Å². The molecule has 1 saturated carbocycles. The van der Waals surface area contributed by atoms with Crippen LogP contribution < -0.4 is 5.32 Å². The van der Waals surface area contributed by atoms with Gasteiger partial charge in [0.25, 0.3) is 6.01 Å². The third-order valence-electron chi connectivity index (χ3n) is 7.61. The van der Waals surface area contributed by atoms with E-state index in [1.807, 2.05) is 5.06 Å². The van der Waals surface area contributed by atoms with Crippen LogP contribution in [0.15, 0.2) is 34.7 Å². The molecule has 1 atom stereocenters. The highest BCUT2D eigenvalue weighted by molar-refractivity contribution is 5.84. The Morgan fingerprint density at radius 2 is 1.95 bits per heavy atom. The molecular weight excluding hydrogens is 524 g/mol. The molecule has 2 N–H and O–H groups in total. The fraction of sp³-hybridized carbons (Fsp3) is 0.483. The van der Waals surface area contributed by atoms with Crippen LogP contribution >= 0.6 is 0 Å². The summed E-state index contributed by atoms with van der Waals surface area (Å²) >= 11 is 0. The van der Waals surface area contributed by atoms with Gasteiger partial charge in [-0.1, -0.05) is 12.1 Å². The standard InChI is InChI=1S/C29H33F2N3O6/c1-17-4-8-20(30)14-25(17)33-29-32-24-11-7-19(26(31)27(24)39-29)13-22(35)16-38-15-21-3-2-12-34(21)40-23-9-5-18(6-10-23)28(36)37/h4,7-8,11,14,18,21,23H,2-3,5-6,9-10,12-13,15-16H2,1H3,(H,32,33)(H,36,37). The van der Waals surface area contributed by atoms with Crippen LogP contribution in [0, 0.1) is 24.5 Å². The molecule has 9 nitrogen and oxygen atoms in total. The van der Waals surface area contributed by atoms with Crippen molar-refractivity contribution in [3.8, 4) is 0 Å². The monoisotopic (exact) mass is 557 g/mol. The smallest absolute Gasteiger partial charge is 0.306 e. The van der Waals surface area contributed by atoms with Crippen molar-refractivity contribution in [3.05, 3.63) is 53.1 Å². The second kappa shape index (κ2) is 12.4. The Morgan fingerprint density at radius 3 is 2.73 bits per heavy atom. The molecule has 1 unspecified atom stereocenters. The van der Waals surface area contributed by atoms with Crippen molar-refractivity contribution in [1.82, 2.24) is 10.0 Å². The molecule has 2 fully saturated rings. The molecule has 2 aromatic carbocycles. The number of ether oxygens (including phenoxy) is 1. The zero-order chi connectivity index (χ0) is 28.2. The minimum Gasteiger partial charge on any atom is -0.481 e. The van der Waals surface area contributed by atoms with Crippen LogP contribution in [0.5, 0.6) is 0 Å². The van der Waals surface area contributed by atoms with Crippen LogP contribution in [0.2, 0.25) is 0 Å². The largest absolute Gasteiger partial charge is 0.481 e. The van der Waals surface area contributed by atoms with E-state index in [-0.39, 0.29) is 59.6 Å². The van der Waals surface area contributed by atoms with E-state index in [9.17, 15) is 19.1 Å². The Bertz CT molecular complexity index is 1370. The number of carboxylic acid groups (broad SMARTS) is 1. The number of ketones is 1. The lowest BCUT2D eigenvalue weighted by atomic mass is 9.88. The highest BCUT2D eigenvalue weighted by Gasteiger charge is 2.32. The van der Waals surface area contributed by atoms with Gasteiger partial charge < -0.3 is 19.6 Å². The molecule has 5 rings (SSSR count). The van der Waals surface area contributed by atoms with E-state index in [0.29, 0.717) is 38.0 Å². The Morgan fingerprint density at radius 1 is 1.15 bits per heavy atom. The maximum atomic E-state index is 15.2. The molecule has 0 bridgehead atoms. The topological polar surface area (TPSA) is 114 Å². The summed E-state index contributed by atoms with van der Waals surface area (Å²) in [6.45, 7) is 2.71. The molecule has 0 spiro atoms. The highest BCUT2D eigenvalue weighted by Crippen LogP contribution is 2.30. The van der Waals surface area contributed by atoms with Gasteiger partial charge in [-0.3, -0.25) is 14.4 Å². The Hall–Kier alpha value is -3.41. The maximum Gasteiger partial charge on any atom is 0.306 e. The number of hydrogen-bond acceptors (Lipinski definition) is 8. The van der Waals surface area contributed by atoms with Gasteiger partial charge in [0, 0.05) is 18.7 Å². The minimum atomic E-state index is -0.742. The van der Waals surface area contributed by atoms with Gasteiger partial charge in [-0.2, -0.15) is 10.0 Å². The number of anilines is 2. The number of nitrogens with zero attached hydrogens (tertiary/aromatic N) is 2. The number of hydroxylamine groups is 2. The summed E-state index contributed by atoms with van der Waals surface area (Å²) in [6.07, 6.45) is 4.32. The lowest BCUT2D eigenvalue weighted by Gasteiger charge is -2.32. The first-order valence-electron chi connectivity index (χ1n) is 13.6. The summed E-state index contributed by atoms with van der Waals surface area (Å²) in [7, 11) is 0. The second-order valence-electron chi connectivity index (χ2n) is 10.6. The predicted octanol–water partition coefficient (Wildman–Crippen LogP) is 5.33. The van der Waals surface area contributed by atoms with Crippen LogP contribution in [0.1, 0.15) is 49.7 Å². The molecule has 1 aromatic heterocycles. The van der Waals surface area contributed by atoms with Crippen molar-refractivity contribution in [3.63, 3.8) is 0 Å². The molecule has 1 aliphatic heterocycles. The van der Waals surface area contributed by atoms with Gasteiger partial charge in [-0.15, -0.1) is 0 Å². The first-order chi connectivity index (χ1) is 19.3. The molecule has 11 heteroatoms. The number of oxazole rings is 1. The fourth-order valence-corrected chi connectivity index (χ4v) is 5.33. The molecule has 1 saturated heterocycles. The SMILES string of the molecule is Cc1ccc(F)cc1Nc1nc2ccc(CC(=O)COCC3CCCN3OC3CCC(C(=O)O)CC3)c(F)c2o1. The lowest BCUT2D eigenvalue weighted by molar-refractivity contribution is -0.221. The number of carbonyl (C=O) groups excluding carboxylic acids is 1. The van der Waals surface area contributed by atoms with Crippen LogP contribution in [0.3, 0.4) is 0 Å². The Balaban J connectivity index is 1.11. The zero-order valence-corrected chi connectivity index (χ0v) is 22.3. The van der Waals surface area contributed by atoms with Crippen LogP contribution in [-0.2, 0) is 25.6 Å². The van der Waals surface area contributed by atoms with Crippen molar-refractivity contribution in [1.29, 1.82) is 0 Å². The first-order valence-corrected chi connectivity index (χ1v) is 13.6. The number of rotatable bonds is 11. The predicted molar refractivity (Wildman–Crippen MR) is 142 cm³/mol. The summed E-state index contributed by atoms with van der Waals surface area (Å²) < 4.78 is 40.0. The molecular formula is C29H33F2N3O6. The number of carboxylic acids is 1. The van der Waals surface area contributed by atoms with E-state index in [4.69, 9.17) is 14.0 Å². The van der Waals surface area contributed by atoms with Gasteiger partial charge in [0.05, 0.1) is 24.7 Å². The van der Waals surface area contributed by atoms with Crippen molar-refractivity contribution < 1.29 is 37.5 Å². The summed E-state index contributed by atoms with van der Waals surface area (Å²) in [5, 5.41) is 14.0. The minimum absolute atomic E-state index is 0.000383. The number of carbonyl (C=O) groups is 2. The zero-order valence-electron chi connectivity index (χ0n) is 22.3. The molecule has 2 aliphatic rings. The Kier molecular flexibility index (Phi) is 8.72. The summed E-state index contributed by atoms with van der Waals surface area (Å²) in [6, 6.07) is 7.36. The molecule has 1 aliphatic carbocycles. The van der Waals surface area contributed by atoms with E-state index >= 15 is 4.39 Å². The second-order valence-corrected chi connectivity index (χ2v) is 10.6. The number of aryl methyl sites for hydroxylation is 1. The molecule has 3 aromatic rings. The highest BCUT2D eigenvalue weighted by atomic mass is 19.1. The third kappa shape index (κ3) is 6.65. The van der Waals surface area contributed by atoms with E-state index < -0.39 is 17.6 Å². The van der Waals surface area contributed by atoms with E-state index in [1.165, 1.54) is 18.2 Å². The summed E-state index contributed by atoms with van der Waals surface area (Å²) in [5.41, 5.74) is 1.59. The number of aromatic nitrogens is 1. The van der Waals surface area contributed by atoms with Crippen LogP contribution in [0.25, 0.3) is 11.1 Å². The maximum absolute atomic E-state index is 15.2. The molecule has 0 amide bonds. The van der Waals surface area contributed by atoms with E-state index in [1.54, 1.807) is 19.1 Å². The van der Waals surface area contributed by atoms with Gasteiger partial charge in [0.2, 0.25) is 0 Å². The third-order valence-corrected chi connectivity index (χ3v) is 7.61. The van der Waals surface area contributed by atoms with Crippen molar-refractivity contribution in [2.75, 3.05) is 25.1 Å². The number of hydrogen-bond donors (Lipinski definition) is 2. The number of nitrogens with one attached hydrogen (secondary N) is 1. The van der Waals surface area contributed by atoms with Gasteiger partial charge in [0.1, 0.15) is 17.9 Å². The number of aliphatic carboxylic acids is 1. The van der Waals surface area contributed by atoms with E-state index in [2.05, 4.69) is 10.3 Å². The first kappa shape index (κ1) is 28.1.